The fourth-order valence-electron chi connectivity index (χ4n) is 2.77. The minimum atomic E-state index is -0.878. The number of aryl methyl sites for hydroxylation is 1. The highest BCUT2D eigenvalue weighted by molar-refractivity contribution is 6.30. The third-order valence-corrected chi connectivity index (χ3v) is 4.57. The van der Waals surface area contributed by atoms with Gasteiger partial charge in [0, 0.05) is 12.6 Å². The number of carbonyl (C=O) groups is 2. The van der Waals surface area contributed by atoms with Crippen LogP contribution in [0, 0.1) is 5.82 Å². The highest BCUT2D eigenvalue weighted by Gasteiger charge is 2.21. The van der Waals surface area contributed by atoms with Crippen molar-refractivity contribution < 1.29 is 23.5 Å². The standard InChI is InChI=1S/C21H23ClFN7O4/c1-11(14-8-12(23)9-25-17(14)22)33-19(31)27-18-16(28-29-30(18)5)15-7-6-13(10-24-15)26-20(32)34-21(2,3)4/h6-11H,1-5H3,(H,26,32)(H,27,31)/t11-/m1/s1. The Balaban J connectivity index is 1.70. The lowest BCUT2D eigenvalue weighted by atomic mass is 10.2. The Kier molecular flexibility index (Phi) is 7.30. The smallest absolute Gasteiger partial charge is 0.413 e. The molecule has 34 heavy (non-hydrogen) atoms. The molecule has 0 radical (unpaired) electrons. The number of pyridine rings is 2. The van der Waals surface area contributed by atoms with Crippen LogP contribution in [-0.2, 0) is 16.5 Å². The molecule has 0 unspecified atom stereocenters. The van der Waals surface area contributed by atoms with Crippen LogP contribution in [0.15, 0.2) is 30.6 Å². The van der Waals surface area contributed by atoms with Gasteiger partial charge in [-0.1, -0.05) is 16.8 Å². The predicted octanol–water partition coefficient (Wildman–Crippen LogP) is 4.72. The normalized spacial score (nSPS) is 12.1. The molecule has 0 aliphatic heterocycles. The van der Waals surface area contributed by atoms with Gasteiger partial charge in [0.1, 0.15) is 22.7 Å². The second-order valence-electron chi connectivity index (χ2n) is 8.18. The van der Waals surface area contributed by atoms with Crippen LogP contribution in [0.4, 0.5) is 25.5 Å². The van der Waals surface area contributed by atoms with Gasteiger partial charge >= 0.3 is 12.2 Å². The largest absolute Gasteiger partial charge is 0.444 e. The Morgan fingerprint density at radius 1 is 1.15 bits per heavy atom. The molecule has 0 spiro atoms. The van der Waals surface area contributed by atoms with Crippen molar-refractivity contribution in [2.45, 2.75) is 39.4 Å². The molecule has 11 nitrogen and oxygen atoms in total. The van der Waals surface area contributed by atoms with E-state index in [1.807, 2.05) is 0 Å². The molecular weight excluding hydrogens is 469 g/mol. The fraction of sp³-hybridized carbons (Fsp3) is 0.333. The molecule has 3 aromatic heterocycles. The first-order chi connectivity index (χ1) is 15.9. The monoisotopic (exact) mass is 491 g/mol. The van der Waals surface area contributed by atoms with Gasteiger partial charge < -0.3 is 9.47 Å². The molecule has 0 saturated heterocycles. The number of hydrogen-bond donors (Lipinski definition) is 2. The second kappa shape index (κ2) is 10.00. The lowest BCUT2D eigenvalue weighted by Crippen LogP contribution is -2.27. The zero-order valence-electron chi connectivity index (χ0n) is 19.1. The molecule has 1 atom stereocenters. The Bertz CT molecular complexity index is 1190. The van der Waals surface area contributed by atoms with E-state index >= 15 is 0 Å². The Labute approximate surface area is 199 Å². The van der Waals surface area contributed by atoms with Crippen LogP contribution in [0.2, 0.25) is 5.15 Å². The predicted molar refractivity (Wildman–Crippen MR) is 122 cm³/mol. The second-order valence-corrected chi connectivity index (χ2v) is 8.53. The Morgan fingerprint density at radius 2 is 1.88 bits per heavy atom. The highest BCUT2D eigenvalue weighted by atomic mass is 35.5. The molecule has 0 saturated carbocycles. The minimum Gasteiger partial charge on any atom is -0.444 e. The number of ether oxygens (including phenoxy) is 2. The maximum atomic E-state index is 13.5. The summed E-state index contributed by atoms with van der Waals surface area (Å²) < 4.78 is 25.3. The molecule has 0 bridgehead atoms. The van der Waals surface area contributed by atoms with Crippen molar-refractivity contribution >= 4 is 35.3 Å². The fourth-order valence-corrected chi connectivity index (χ4v) is 3.03. The van der Waals surface area contributed by atoms with E-state index < -0.39 is 29.7 Å². The molecule has 2 amide bonds. The van der Waals surface area contributed by atoms with Crippen LogP contribution in [0.3, 0.4) is 0 Å². The number of carbonyl (C=O) groups excluding carboxylic acids is 2. The first-order valence-electron chi connectivity index (χ1n) is 10.1. The van der Waals surface area contributed by atoms with Crippen LogP contribution in [0.5, 0.6) is 0 Å². The molecule has 0 aliphatic rings. The van der Waals surface area contributed by atoms with E-state index in [4.69, 9.17) is 21.1 Å². The van der Waals surface area contributed by atoms with Crippen molar-refractivity contribution in [2.75, 3.05) is 10.6 Å². The lowest BCUT2D eigenvalue weighted by Gasteiger charge is -2.19. The molecule has 0 aliphatic carbocycles. The Morgan fingerprint density at radius 3 is 2.53 bits per heavy atom. The molecular formula is C21H23ClFN7O4. The number of hydrogen-bond acceptors (Lipinski definition) is 8. The molecule has 13 heteroatoms. The summed E-state index contributed by atoms with van der Waals surface area (Å²) >= 11 is 5.97. The number of anilines is 2. The SMILES string of the molecule is C[C@@H](OC(=O)Nc1c(-c2ccc(NC(=O)OC(C)(C)C)cn2)nnn1C)c1cc(F)cnc1Cl. The topological polar surface area (TPSA) is 133 Å². The maximum Gasteiger partial charge on any atom is 0.413 e. The number of nitrogens with one attached hydrogen (secondary N) is 2. The van der Waals surface area contributed by atoms with Gasteiger partial charge in [0.05, 0.1) is 23.8 Å². The van der Waals surface area contributed by atoms with Gasteiger partial charge in [0.25, 0.3) is 0 Å². The summed E-state index contributed by atoms with van der Waals surface area (Å²) in [7, 11) is 1.57. The quantitative estimate of drug-likeness (QED) is 0.490. The average molecular weight is 492 g/mol. The minimum absolute atomic E-state index is 0.0221. The van der Waals surface area contributed by atoms with Gasteiger partial charge in [-0.15, -0.1) is 5.10 Å². The first-order valence-corrected chi connectivity index (χ1v) is 10.5. The van der Waals surface area contributed by atoms with Gasteiger partial charge in [0.2, 0.25) is 0 Å². The van der Waals surface area contributed by atoms with Crippen LogP contribution in [0.1, 0.15) is 39.4 Å². The van der Waals surface area contributed by atoms with Crippen LogP contribution >= 0.6 is 11.6 Å². The zero-order valence-corrected chi connectivity index (χ0v) is 19.8. The van der Waals surface area contributed by atoms with E-state index in [9.17, 15) is 14.0 Å². The number of halogens is 2. The van der Waals surface area contributed by atoms with Crippen molar-refractivity contribution in [2.24, 2.45) is 7.05 Å². The Hall–Kier alpha value is -3.80. The summed E-state index contributed by atoms with van der Waals surface area (Å²) in [5.41, 5.74) is 0.630. The van der Waals surface area contributed by atoms with Crippen molar-refractivity contribution in [3.8, 4) is 11.4 Å². The van der Waals surface area contributed by atoms with E-state index in [-0.39, 0.29) is 22.2 Å². The first kappa shape index (κ1) is 24.8. The van der Waals surface area contributed by atoms with Crippen LogP contribution in [-0.4, -0.2) is 42.7 Å². The average Bonchev–Trinajstić information content (AvgIpc) is 3.09. The van der Waals surface area contributed by atoms with Crippen molar-refractivity contribution in [3.05, 3.63) is 47.1 Å². The summed E-state index contributed by atoms with van der Waals surface area (Å²) in [6.07, 6.45) is 0.0404. The van der Waals surface area contributed by atoms with E-state index in [0.29, 0.717) is 11.4 Å². The third-order valence-electron chi connectivity index (χ3n) is 4.25. The van der Waals surface area contributed by atoms with Gasteiger partial charge in [-0.05, 0) is 45.9 Å². The van der Waals surface area contributed by atoms with Crippen LogP contribution < -0.4 is 10.6 Å². The van der Waals surface area contributed by atoms with Gasteiger partial charge in [-0.2, -0.15) is 0 Å². The summed E-state index contributed by atoms with van der Waals surface area (Å²) in [6, 6.07) is 4.33. The molecule has 3 heterocycles. The van der Waals surface area contributed by atoms with Crippen molar-refractivity contribution in [1.82, 2.24) is 25.0 Å². The zero-order chi connectivity index (χ0) is 25.0. The molecule has 180 valence electrons. The third kappa shape index (κ3) is 6.38. The van der Waals surface area contributed by atoms with Gasteiger partial charge in [-0.3, -0.25) is 15.6 Å². The number of amides is 2. The molecule has 0 aromatic carbocycles. The molecule has 3 rings (SSSR count). The maximum absolute atomic E-state index is 13.5. The molecule has 3 aromatic rings. The lowest BCUT2D eigenvalue weighted by molar-refractivity contribution is 0.0635. The summed E-state index contributed by atoms with van der Waals surface area (Å²) in [6.45, 7) is 6.80. The number of nitrogens with zero attached hydrogens (tertiary/aromatic N) is 5. The van der Waals surface area contributed by atoms with Gasteiger partial charge in [-0.25, -0.2) is 23.6 Å². The summed E-state index contributed by atoms with van der Waals surface area (Å²) in [5, 5.41) is 13.1. The van der Waals surface area contributed by atoms with Crippen LogP contribution in [0.25, 0.3) is 11.4 Å². The van der Waals surface area contributed by atoms with Crippen molar-refractivity contribution in [3.63, 3.8) is 0 Å². The number of aromatic nitrogens is 5. The highest BCUT2D eigenvalue weighted by Crippen LogP contribution is 2.27. The van der Waals surface area contributed by atoms with E-state index in [2.05, 4.69) is 30.9 Å². The van der Waals surface area contributed by atoms with E-state index in [1.54, 1.807) is 40.0 Å². The molecule has 0 fully saturated rings. The van der Waals surface area contributed by atoms with Crippen molar-refractivity contribution in [1.29, 1.82) is 0 Å². The summed E-state index contributed by atoms with van der Waals surface area (Å²) in [5.74, 6) is -0.398. The molecule has 2 N–H and O–H groups in total. The van der Waals surface area contributed by atoms with E-state index in [0.717, 1.165) is 12.3 Å². The number of rotatable bonds is 5. The van der Waals surface area contributed by atoms with Gasteiger partial charge in [0.15, 0.2) is 11.5 Å². The van der Waals surface area contributed by atoms with E-state index in [1.165, 1.54) is 17.8 Å². The summed E-state index contributed by atoms with van der Waals surface area (Å²) in [4.78, 5) is 32.4.